The summed E-state index contributed by atoms with van der Waals surface area (Å²) in [5, 5.41) is 0.631. The maximum absolute atomic E-state index is 6.17. The first-order chi connectivity index (χ1) is 13.4. The highest BCUT2D eigenvalue weighted by Crippen LogP contribution is 2.36. The minimum Gasteiger partial charge on any atom is -0.489 e. The molecule has 28 heavy (non-hydrogen) atoms. The molecule has 0 aliphatic heterocycles. The van der Waals surface area contributed by atoms with Crippen LogP contribution in [0.5, 0.6) is 11.5 Å². The molecule has 0 aliphatic rings. The van der Waals surface area contributed by atoms with Gasteiger partial charge in [0.1, 0.15) is 27.9 Å². The molecule has 1 N–H and O–H groups in total. The molecule has 0 amide bonds. The summed E-state index contributed by atoms with van der Waals surface area (Å²) in [6.07, 6.45) is 6.30. The van der Waals surface area contributed by atoms with Crippen molar-refractivity contribution in [1.29, 1.82) is 0 Å². The number of ether oxygens (including phenoxy) is 3. The Morgan fingerprint density at radius 2 is 1.50 bits per heavy atom. The van der Waals surface area contributed by atoms with Gasteiger partial charge in [0, 0.05) is 18.3 Å². The normalized spacial score (nSPS) is 10.6. The standard InChI is InChI=1S/C17H17Cl6NO4/c18-13-10-12(26-6-2-15(20)21)11-14(19)17(13)27-9-8-25-5-1-4-24-28-7-3-16(22)23/h1-4,10-11,24H,5-9H2. The fourth-order valence-electron chi connectivity index (χ4n) is 1.61. The van der Waals surface area contributed by atoms with Crippen molar-refractivity contribution in [2.24, 2.45) is 0 Å². The fraction of sp³-hybridized carbons (Fsp3) is 0.294. The van der Waals surface area contributed by atoms with Crippen LogP contribution in [0.2, 0.25) is 10.0 Å². The van der Waals surface area contributed by atoms with Gasteiger partial charge in [0.25, 0.3) is 0 Å². The van der Waals surface area contributed by atoms with Gasteiger partial charge in [0.2, 0.25) is 0 Å². The molecule has 0 radical (unpaired) electrons. The largest absolute Gasteiger partial charge is 0.489 e. The van der Waals surface area contributed by atoms with Crippen LogP contribution in [-0.4, -0.2) is 33.0 Å². The zero-order valence-corrected chi connectivity index (χ0v) is 18.9. The Labute approximate surface area is 193 Å². The number of hydrogen-bond donors (Lipinski definition) is 1. The number of benzene rings is 1. The Bertz CT molecular complexity index is 665. The second kappa shape index (κ2) is 15.4. The number of nitrogens with one attached hydrogen (secondary N) is 1. The SMILES string of the molecule is ClC(Cl)=CCONC=CCOCCOc1c(Cl)cc(OCC=C(Cl)Cl)cc1Cl. The zero-order chi connectivity index (χ0) is 20.8. The summed E-state index contributed by atoms with van der Waals surface area (Å²) in [5.41, 5.74) is 2.58. The molecule has 0 aromatic heterocycles. The number of hydrogen-bond acceptors (Lipinski definition) is 5. The van der Waals surface area contributed by atoms with Gasteiger partial charge in [0.15, 0.2) is 5.75 Å². The summed E-state index contributed by atoms with van der Waals surface area (Å²) >= 11 is 34.2. The van der Waals surface area contributed by atoms with Gasteiger partial charge in [-0.25, -0.2) is 0 Å². The molecule has 1 aromatic rings. The lowest BCUT2D eigenvalue weighted by molar-refractivity contribution is 0.0927. The third-order valence-corrected chi connectivity index (χ3v) is 3.92. The molecule has 11 heteroatoms. The minimum atomic E-state index is 0.115. The summed E-state index contributed by atoms with van der Waals surface area (Å²) in [6, 6.07) is 3.17. The van der Waals surface area contributed by atoms with Gasteiger partial charge in [-0.1, -0.05) is 69.6 Å². The van der Waals surface area contributed by atoms with Crippen LogP contribution in [0, 0.1) is 0 Å². The van der Waals surface area contributed by atoms with Crippen molar-refractivity contribution < 1.29 is 19.0 Å². The molecule has 0 unspecified atom stereocenters. The highest BCUT2D eigenvalue weighted by atomic mass is 35.5. The van der Waals surface area contributed by atoms with Gasteiger partial charge < -0.3 is 14.2 Å². The fourth-order valence-corrected chi connectivity index (χ4v) is 2.44. The predicted molar refractivity (Wildman–Crippen MR) is 116 cm³/mol. The monoisotopic (exact) mass is 509 g/mol. The van der Waals surface area contributed by atoms with Crippen LogP contribution in [-0.2, 0) is 9.57 Å². The predicted octanol–water partition coefficient (Wildman–Crippen LogP) is 6.44. The van der Waals surface area contributed by atoms with Crippen LogP contribution in [0.25, 0.3) is 0 Å². The van der Waals surface area contributed by atoms with E-state index in [1.54, 1.807) is 24.4 Å². The van der Waals surface area contributed by atoms with Crippen LogP contribution in [0.15, 0.2) is 45.5 Å². The van der Waals surface area contributed by atoms with Crippen LogP contribution in [0.1, 0.15) is 0 Å². The lowest BCUT2D eigenvalue weighted by Gasteiger charge is -2.12. The van der Waals surface area contributed by atoms with E-state index in [0.29, 0.717) is 34.8 Å². The van der Waals surface area contributed by atoms with Gasteiger partial charge in [-0.05, 0) is 18.2 Å². The second-order valence-electron chi connectivity index (χ2n) is 4.77. The Kier molecular flexibility index (Phi) is 14.0. The summed E-state index contributed by atoms with van der Waals surface area (Å²) in [7, 11) is 0. The lowest BCUT2D eigenvalue weighted by atomic mass is 10.3. The Hall–Kier alpha value is -0.500. The first kappa shape index (κ1) is 25.5. The molecular weight excluding hydrogens is 495 g/mol. The maximum Gasteiger partial charge on any atom is 0.156 e. The van der Waals surface area contributed by atoms with E-state index in [9.17, 15) is 0 Å². The molecule has 0 aliphatic carbocycles. The van der Waals surface area contributed by atoms with Gasteiger partial charge in [0.05, 0.1) is 29.9 Å². The second-order valence-corrected chi connectivity index (χ2v) is 7.60. The van der Waals surface area contributed by atoms with Gasteiger partial charge in [-0.2, -0.15) is 0 Å². The van der Waals surface area contributed by atoms with E-state index in [0.717, 1.165) is 0 Å². The van der Waals surface area contributed by atoms with E-state index in [1.807, 2.05) is 0 Å². The van der Waals surface area contributed by atoms with Crippen LogP contribution in [0.3, 0.4) is 0 Å². The Morgan fingerprint density at radius 3 is 2.14 bits per heavy atom. The molecule has 1 aromatic carbocycles. The van der Waals surface area contributed by atoms with Gasteiger partial charge in [-0.15, -0.1) is 0 Å². The molecule has 0 bridgehead atoms. The van der Waals surface area contributed by atoms with E-state index >= 15 is 0 Å². The van der Waals surface area contributed by atoms with Crippen LogP contribution in [0.4, 0.5) is 0 Å². The Balaban J connectivity index is 2.26. The molecule has 156 valence electrons. The van der Waals surface area contributed by atoms with Crippen molar-refractivity contribution in [2.75, 3.05) is 33.0 Å². The smallest absolute Gasteiger partial charge is 0.156 e. The first-order valence-electron chi connectivity index (χ1n) is 7.77. The van der Waals surface area contributed by atoms with Crippen molar-refractivity contribution in [2.45, 2.75) is 0 Å². The minimum absolute atomic E-state index is 0.115. The van der Waals surface area contributed by atoms with E-state index in [2.05, 4.69) is 5.48 Å². The zero-order valence-electron chi connectivity index (χ0n) is 14.4. The molecule has 0 saturated carbocycles. The van der Waals surface area contributed by atoms with Crippen molar-refractivity contribution in [3.8, 4) is 11.5 Å². The number of hydroxylamine groups is 1. The van der Waals surface area contributed by atoms with E-state index in [-0.39, 0.29) is 28.8 Å². The topological polar surface area (TPSA) is 49.0 Å². The lowest BCUT2D eigenvalue weighted by Crippen LogP contribution is -2.09. The third kappa shape index (κ3) is 12.1. The number of rotatable bonds is 13. The van der Waals surface area contributed by atoms with Crippen LogP contribution < -0.4 is 15.0 Å². The highest BCUT2D eigenvalue weighted by molar-refractivity contribution is 6.56. The molecule has 0 atom stereocenters. The number of halogens is 6. The average molecular weight is 512 g/mol. The Morgan fingerprint density at radius 1 is 0.857 bits per heavy atom. The van der Waals surface area contributed by atoms with E-state index in [4.69, 9.17) is 88.7 Å². The maximum atomic E-state index is 6.17. The molecule has 0 fully saturated rings. The molecule has 5 nitrogen and oxygen atoms in total. The van der Waals surface area contributed by atoms with Crippen molar-refractivity contribution in [3.63, 3.8) is 0 Å². The summed E-state index contributed by atoms with van der Waals surface area (Å²) in [4.78, 5) is 4.98. The van der Waals surface area contributed by atoms with Crippen molar-refractivity contribution in [3.05, 3.63) is 55.6 Å². The highest BCUT2D eigenvalue weighted by Gasteiger charge is 2.10. The summed E-state index contributed by atoms with van der Waals surface area (Å²) in [6.45, 7) is 1.38. The first-order valence-corrected chi connectivity index (χ1v) is 10.0. The van der Waals surface area contributed by atoms with Gasteiger partial charge in [-0.3, -0.25) is 10.3 Å². The molecule has 1 rings (SSSR count). The summed E-state index contributed by atoms with van der Waals surface area (Å²) < 4.78 is 16.6. The van der Waals surface area contributed by atoms with Gasteiger partial charge >= 0.3 is 0 Å². The molecule has 0 saturated heterocycles. The average Bonchev–Trinajstić information content (AvgIpc) is 2.61. The summed E-state index contributed by atoms with van der Waals surface area (Å²) in [5.74, 6) is 0.815. The molecule has 0 heterocycles. The quantitative estimate of drug-likeness (QED) is 0.244. The third-order valence-electron chi connectivity index (χ3n) is 2.74. The van der Waals surface area contributed by atoms with Crippen molar-refractivity contribution >= 4 is 69.6 Å². The molecule has 0 spiro atoms. The van der Waals surface area contributed by atoms with E-state index < -0.39 is 0 Å². The molecular formula is C17H17Cl6NO4. The van der Waals surface area contributed by atoms with E-state index in [1.165, 1.54) is 12.2 Å². The van der Waals surface area contributed by atoms with Crippen molar-refractivity contribution in [1.82, 2.24) is 5.48 Å². The van der Waals surface area contributed by atoms with Crippen LogP contribution >= 0.6 is 69.6 Å².